The van der Waals surface area contributed by atoms with Gasteiger partial charge in [0.2, 0.25) is 5.91 Å². The molecule has 3 amide bonds. The van der Waals surface area contributed by atoms with Gasteiger partial charge in [0, 0.05) is 24.5 Å². The molecule has 2 N–H and O–H groups in total. The summed E-state index contributed by atoms with van der Waals surface area (Å²) in [6.45, 7) is 1.33. The fraction of sp³-hybridized carbons (Fsp3) is 0.200. The van der Waals surface area contributed by atoms with Gasteiger partial charge in [-0.1, -0.05) is 0 Å². The van der Waals surface area contributed by atoms with Crippen LogP contribution in [0.1, 0.15) is 5.56 Å². The molecular formula is C15H15N3O2S. The molecule has 0 radical (unpaired) electrons. The van der Waals surface area contributed by atoms with Crippen molar-refractivity contribution in [2.45, 2.75) is 6.42 Å². The summed E-state index contributed by atoms with van der Waals surface area (Å²) in [6.07, 6.45) is 0.375. The van der Waals surface area contributed by atoms with Crippen molar-refractivity contribution in [3.63, 3.8) is 0 Å². The van der Waals surface area contributed by atoms with Gasteiger partial charge in [-0.2, -0.15) is 11.3 Å². The Balaban J connectivity index is 1.61. The Morgan fingerprint density at radius 3 is 2.71 bits per heavy atom. The number of rotatable bonds is 4. The van der Waals surface area contributed by atoms with Crippen LogP contribution in [0.4, 0.5) is 16.2 Å². The molecule has 21 heavy (non-hydrogen) atoms. The van der Waals surface area contributed by atoms with Crippen LogP contribution in [0, 0.1) is 0 Å². The monoisotopic (exact) mass is 301 g/mol. The Kier molecular flexibility index (Phi) is 3.87. The predicted octanol–water partition coefficient (Wildman–Crippen LogP) is 2.46. The smallest absolute Gasteiger partial charge is 0.321 e. The van der Waals surface area contributed by atoms with E-state index in [1.165, 1.54) is 0 Å². The number of carbonyl (C=O) groups excluding carboxylic acids is 2. The number of urea groups is 1. The van der Waals surface area contributed by atoms with Gasteiger partial charge in [0.1, 0.15) is 0 Å². The minimum absolute atomic E-state index is 0.0416. The molecule has 1 saturated heterocycles. The highest BCUT2D eigenvalue weighted by Gasteiger charge is 2.20. The minimum atomic E-state index is -0.0794. The summed E-state index contributed by atoms with van der Waals surface area (Å²) in [7, 11) is 0. The number of amides is 3. The fourth-order valence-electron chi connectivity index (χ4n) is 2.23. The molecule has 1 aromatic heterocycles. The Bertz CT molecular complexity index is 637. The summed E-state index contributed by atoms with van der Waals surface area (Å²) in [5.74, 6) is -0.0416. The lowest BCUT2D eigenvalue weighted by Crippen LogP contribution is -2.27. The van der Waals surface area contributed by atoms with Crippen LogP contribution in [-0.4, -0.2) is 25.0 Å². The van der Waals surface area contributed by atoms with Crippen molar-refractivity contribution in [1.82, 2.24) is 5.32 Å². The Morgan fingerprint density at radius 1 is 1.29 bits per heavy atom. The molecule has 0 unspecified atom stereocenters. The molecule has 1 aromatic carbocycles. The molecule has 0 atom stereocenters. The van der Waals surface area contributed by atoms with E-state index in [1.54, 1.807) is 16.2 Å². The Morgan fingerprint density at radius 2 is 2.10 bits per heavy atom. The molecule has 6 heteroatoms. The Labute approximate surface area is 126 Å². The van der Waals surface area contributed by atoms with Gasteiger partial charge in [-0.05, 0) is 46.7 Å². The van der Waals surface area contributed by atoms with Gasteiger partial charge >= 0.3 is 6.03 Å². The highest BCUT2D eigenvalue weighted by Crippen LogP contribution is 2.19. The van der Waals surface area contributed by atoms with Crippen molar-refractivity contribution < 1.29 is 9.59 Å². The summed E-state index contributed by atoms with van der Waals surface area (Å²) >= 11 is 1.58. The third-order valence-electron chi connectivity index (χ3n) is 3.26. The SMILES string of the molecule is O=C(Cc1ccsc1)Nc1ccc(N2CCNC2=O)cc1. The quantitative estimate of drug-likeness (QED) is 0.911. The van der Waals surface area contributed by atoms with Gasteiger partial charge in [0.15, 0.2) is 0 Å². The van der Waals surface area contributed by atoms with Gasteiger partial charge in [-0.15, -0.1) is 0 Å². The molecule has 2 aromatic rings. The van der Waals surface area contributed by atoms with Crippen LogP contribution < -0.4 is 15.5 Å². The van der Waals surface area contributed by atoms with Crippen molar-refractivity contribution in [2.75, 3.05) is 23.3 Å². The maximum absolute atomic E-state index is 11.9. The normalized spacial score (nSPS) is 14.1. The van der Waals surface area contributed by atoms with Gasteiger partial charge < -0.3 is 10.6 Å². The minimum Gasteiger partial charge on any atom is -0.336 e. The first kappa shape index (κ1) is 13.6. The third-order valence-corrected chi connectivity index (χ3v) is 4.00. The lowest BCUT2D eigenvalue weighted by atomic mass is 10.2. The van der Waals surface area contributed by atoms with Crippen molar-refractivity contribution in [3.8, 4) is 0 Å². The van der Waals surface area contributed by atoms with Gasteiger partial charge in [0.25, 0.3) is 0 Å². The number of hydrogen-bond acceptors (Lipinski definition) is 3. The van der Waals surface area contributed by atoms with E-state index in [0.29, 0.717) is 19.5 Å². The van der Waals surface area contributed by atoms with Crippen LogP contribution >= 0.6 is 11.3 Å². The number of anilines is 2. The van der Waals surface area contributed by atoms with Crippen molar-refractivity contribution in [3.05, 3.63) is 46.7 Å². The van der Waals surface area contributed by atoms with Crippen LogP contribution in [0.25, 0.3) is 0 Å². The second-order valence-corrected chi connectivity index (χ2v) is 5.57. The van der Waals surface area contributed by atoms with E-state index in [1.807, 2.05) is 41.1 Å². The molecule has 0 aliphatic carbocycles. The molecule has 2 heterocycles. The number of benzene rings is 1. The average molecular weight is 301 g/mol. The standard InChI is InChI=1S/C15H15N3O2S/c19-14(9-11-5-8-21-10-11)17-12-1-3-13(4-2-12)18-7-6-16-15(18)20/h1-5,8,10H,6-7,9H2,(H,16,20)(H,17,19). The third kappa shape index (κ3) is 3.22. The zero-order valence-corrected chi connectivity index (χ0v) is 12.2. The Hall–Kier alpha value is -2.34. The van der Waals surface area contributed by atoms with Crippen LogP contribution in [0.2, 0.25) is 0 Å². The molecular weight excluding hydrogens is 286 g/mol. The average Bonchev–Trinajstić information content (AvgIpc) is 3.11. The first-order chi connectivity index (χ1) is 10.2. The summed E-state index contributed by atoms with van der Waals surface area (Å²) < 4.78 is 0. The largest absolute Gasteiger partial charge is 0.336 e. The molecule has 3 rings (SSSR count). The van der Waals surface area contributed by atoms with Crippen LogP contribution in [0.5, 0.6) is 0 Å². The van der Waals surface area contributed by atoms with Crippen molar-refractivity contribution in [1.29, 1.82) is 0 Å². The molecule has 0 spiro atoms. The molecule has 1 fully saturated rings. The first-order valence-electron chi connectivity index (χ1n) is 6.69. The van der Waals surface area contributed by atoms with Crippen molar-refractivity contribution in [2.24, 2.45) is 0 Å². The number of carbonyl (C=O) groups is 2. The highest BCUT2D eigenvalue weighted by atomic mass is 32.1. The maximum Gasteiger partial charge on any atom is 0.321 e. The molecule has 1 aliphatic rings. The number of nitrogens with one attached hydrogen (secondary N) is 2. The first-order valence-corrected chi connectivity index (χ1v) is 7.63. The lowest BCUT2D eigenvalue weighted by Gasteiger charge is -2.14. The lowest BCUT2D eigenvalue weighted by molar-refractivity contribution is -0.115. The van der Waals surface area contributed by atoms with E-state index in [-0.39, 0.29) is 11.9 Å². The summed E-state index contributed by atoms with van der Waals surface area (Å²) in [5.41, 5.74) is 2.59. The summed E-state index contributed by atoms with van der Waals surface area (Å²) in [5, 5.41) is 9.54. The highest BCUT2D eigenvalue weighted by molar-refractivity contribution is 7.08. The molecule has 0 bridgehead atoms. The summed E-state index contributed by atoms with van der Waals surface area (Å²) in [4.78, 5) is 25.1. The van der Waals surface area contributed by atoms with Crippen LogP contribution in [0.15, 0.2) is 41.1 Å². The van der Waals surface area contributed by atoms with E-state index in [2.05, 4.69) is 10.6 Å². The van der Waals surface area contributed by atoms with E-state index < -0.39 is 0 Å². The van der Waals surface area contributed by atoms with E-state index in [4.69, 9.17) is 0 Å². The molecule has 5 nitrogen and oxygen atoms in total. The van der Waals surface area contributed by atoms with E-state index in [0.717, 1.165) is 16.9 Å². The van der Waals surface area contributed by atoms with Crippen LogP contribution in [0.3, 0.4) is 0 Å². The zero-order valence-electron chi connectivity index (χ0n) is 11.3. The zero-order chi connectivity index (χ0) is 14.7. The maximum atomic E-state index is 11.9. The predicted molar refractivity (Wildman–Crippen MR) is 83.8 cm³/mol. The number of nitrogens with zero attached hydrogens (tertiary/aromatic N) is 1. The fourth-order valence-corrected chi connectivity index (χ4v) is 2.90. The number of thiophene rings is 1. The van der Waals surface area contributed by atoms with Gasteiger partial charge in [-0.3, -0.25) is 9.69 Å². The molecule has 1 aliphatic heterocycles. The van der Waals surface area contributed by atoms with Crippen molar-refractivity contribution >= 4 is 34.6 Å². The topological polar surface area (TPSA) is 61.4 Å². The van der Waals surface area contributed by atoms with Gasteiger partial charge in [0.05, 0.1) is 6.42 Å². The van der Waals surface area contributed by atoms with E-state index in [9.17, 15) is 9.59 Å². The van der Waals surface area contributed by atoms with E-state index >= 15 is 0 Å². The summed E-state index contributed by atoms with van der Waals surface area (Å²) in [6, 6.07) is 9.17. The van der Waals surface area contributed by atoms with Gasteiger partial charge in [-0.25, -0.2) is 4.79 Å². The van der Waals surface area contributed by atoms with Crippen LogP contribution in [-0.2, 0) is 11.2 Å². The second kappa shape index (κ2) is 5.97. The second-order valence-electron chi connectivity index (χ2n) is 4.79. The molecule has 108 valence electrons. The molecule has 0 saturated carbocycles. The number of hydrogen-bond donors (Lipinski definition) is 2.